The van der Waals surface area contributed by atoms with E-state index in [9.17, 15) is 4.79 Å². The minimum atomic E-state index is -0.0386. The van der Waals surface area contributed by atoms with Crippen molar-refractivity contribution >= 4 is 34.5 Å². The zero-order chi connectivity index (χ0) is 15.4. The summed E-state index contributed by atoms with van der Waals surface area (Å²) >= 11 is 1.58. The molecule has 0 aliphatic rings. The minimum Gasteiger partial charge on any atom is -0.436 e. The van der Waals surface area contributed by atoms with E-state index in [1.807, 2.05) is 37.3 Å². The Bertz CT molecular complexity index is 768. The van der Waals surface area contributed by atoms with Crippen molar-refractivity contribution in [2.75, 3.05) is 16.8 Å². The van der Waals surface area contributed by atoms with Gasteiger partial charge in [-0.05, 0) is 24.0 Å². The molecule has 0 fully saturated rings. The molecule has 0 saturated carbocycles. The maximum atomic E-state index is 11.8. The quantitative estimate of drug-likeness (QED) is 0.779. The zero-order valence-electron chi connectivity index (χ0n) is 12.1. The number of nitrogens with zero attached hydrogens (tertiary/aromatic N) is 2. The van der Waals surface area contributed by atoms with Crippen molar-refractivity contribution < 1.29 is 9.21 Å². The number of pyridine rings is 1. The van der Waals surface area contributed by atoms with Crippen molar-refractivity contribution in [3.8, 4) is 11.5 Å². The highest BCUT2D eigenvalue weighted by molar-refractivity contribution is 7.99. The van der Waals surface area contributed by atoms with Crippen LogP contribution in [0.4, 0.5) is 5.69 Å². The number of rotatable bonds is 5. The van der Waals surface area contributed by atoms with E-state index in [0.717, 1.165) is 22.4 Å². The molecule has 1 amide bonds. The number of nitrogens with one attached hydrogen (secondary N) is 1. The number of anilines is 1. The lowest BCUT2D eigenvalue weighted by Gasteiger charge is -2.05. The Balaban J connectivity index is 1.82. The fraction of sp³-hybridized carbons (Fsp3) is 0.188. The Labute approximate surface area is 132 Å². The van der Waals surface area contributed by atoms with Crippen LogP contribution in [0.3, 0.4) is 0 Å². The van der Waals surface area contributed by atoms with E-state index < -0.39 is 0 Å². The molecule has 22 heavy (non-hydrogen) atoms. The molecule has 3 rings (SSSR count). The average molecular weight is 313 g/mol. The van der Waals surface area contributed by atoms with Gasteiger partial charge in [0.05, 0.1) is 23.2 Å². The summed E-state index contributed by atoms with van der Waals surface area (Å²) in [6.45, 7) is 2.02. The lowest BCUT2D eigenvalue weighted by Crippen LogP contribution is -2.14. The molecule has 6 heteroatoms. The standard InChI is InChI=1S/C16H15N3O2S/c1-2-22-10-15(20)18-12-7-11(8-17-9-12)16-19-13-5-3-4-6-14(13)21-16/h3-9H,2,10H2,1H3,(H,18,20). The summed E-state index contributed by atoms with van der Waals surface area (Å²) in [6.07, 6.45) is 3.28. The second-order valence-corrected chi connectivity index (χ2v) is 5.91. The molecule has 0 radical (unpaired) electrons. The van der Waals surface area contributed by atoms with Gasteiger partial charge < -0.3 is 9.73 Å². The van der Waals surface area contributed by atoms with E-state index in [-0.39, 0.29) is 5.91 Å². The lowest BCUT2D eigenvalue weighted by molar-refractivity contribution is -0.113. The van der Waals surface area contributed by atoms with E-state index >= 15 is 0 Å². The van der Waals surface area contributed by atoms with Gasteiger partial charge in [0.15, 0.2) is 5.58 Å². The Morgan fingerprint density at radius 2 is 2.18 bits per heavy atom. The van der Waals surface area contributed by atoms with Crippen LogP contribution in [0.15, 0.2) is 47.1 Å². The molecule has 5 nitrogen and oxygen atoms in total. The molecule has 3 aromatic rings. The molecule has 0 atom stereocenters. The van der Waals surface area contributed by atoms with E-state index in [4.69, 9.17) is 4.42 Å². The van der Waals surface area contributed by atoms with Crippen LogP contribution < -0.4 is 5.32 Å². The molecule has 0 aliphatic carbocycles. The van der Waals surface area contributed by atoms with Gasteiger partial charge in [0.2, 0.25) is 11.8 Å². The number of amides is 1. The number of para-hydroxylation sites is 2. The number of hydrogen-bond donors (Lipinski definition) is 1. The average Bonchev–Trinajstić information content (AvgIpc) is 2.97. The molecule has 2 heterocycles. The number of benzene rings is 1. The second-order valence-electron chi connectivity index (χ2n) is 4.63. The summed E-state index contributed by atoms with van der Waals surface area (Å²) in [4.78, 5) is 20.3. The molecule has 0 saturated heterocycles. The SMILES string of the molecule is CCSCC(=O)Nc1cncc(-c2nc3ccccc3o2)c1. The Morgan fingerprint density at radius 1 is 1.32 bits per heavy atom. The number of carbonyl (C=O) groups is 1. The minimum absolute atomic E-state index is 0.0386. The number of fused-ring (bicyclic) bond motifs is 1. The summed E-state index contributed by atoms with van der Waals surface area (Å²) in [7, 11) is 0. The van der Waals surface area contributed by atoms with Gasteiger partial charge >= 0.3 is 0 Å². The summed E-state index contributed by atoms with van der Waals surface area (Å²) in [6, 6.07) is 9.38. The fourth-order valence-electron chi connectivity index (χ4n) is 2.01. The van der Waals surface area contributed by atoms with Gasteiger partial charge in [0, 0.05) is 6.20 Å². The predicted molar refractivity (Wildman–Crippen MR) is 88.9 cm³/mol. The first-order valence-electron chi connectivity index (χ1n) is 6.95. The van der Waals surface area contributed by atoms with Crippen molar-refractivity contribution in [2.24, 2.45) is 0 Å². The van der Waals surface area contributed by atoms with Crippen LogP contribution in [0.1, 0.15) is 6.92 Å². The molecular formula is C16H15N3O2S. The van der Waals surface area contributed by atoms with Gasteiger partial charge in [0.25, 0.3) is 0 Å². The van der Waals surface area contributed by atoms with Gasteiger partial charge in [-0.3, -0.25) is 9.78 Å². The van der Waals surface area contributed by atoms with Crippen LogP contribution in [-0.2, 0) is 4.79 Å². The molecule has 0 aliphatic heterocycles. The summed E-state index contributed by atoms with van der Waals surface area (Å²) in [5, 5.41) is 2.83. The van der Waals surface area contributed by atoms with E-state index in [1.165, 1.54) is 0 Å². The van der Waals surface area contributed by atoms with Gasteiger partial charge in [-0.25, -0.2) is 4.98 Å². The van der Waals surface area contributed by atoms with Crippen molar-refractivity contribution in [3.63, 3.8) is 0 Å². The van der Waals surface area contributed by atoms with Crippen molar-refractivity contribution in [1.29, 1.82) is 0 Å². The van der Waals surface area contributed by atoms with Crippen molar-refractivity contribution in [2.45, 2.75) is 6.92 Å². The normalized spacial score (nSPS) is 10.8. The number of thioether (sulfide) groups is 1. The van der Waals surface area contributed by atoms with Crippen LogP contribution in [0.25, 0.3) is 22.6 Å². The molecule has 0 bridgehead atoms. The molecule has 0 spiro atoms. The van der Waals surface area contributed by atoms with Crippen LogP contribution in [0.5, 0.6) is 0 Å². The van der Waals surface area contributed by atoms with Crippen LogP contribution in [0.2, 0.25) is 0 Å². The Kier molecular flexibility index (Phi) is 4.39. The van der Waals surface area contributed by atoms with Crippen molar-refractivity contribution in [1.82, 2.24) is 9.97 Å². The third-order valence-electron chi connectivity index (χ3n) is 3.00. The first-order chi connectivity index (χ1) is 10.8. The lowest BCUT2D eigenvalue weighted by atomic mass is 10.2. The number of hydrogen-bond acceptors (Lipinski definition) is 5. The van der Waals surface area contributed by atoms with Gasteiger partial charge in [-0.2, -0.15) is 11.8 Å². The highest BCUT2D eigenvalue weighted by Crippen LogP contribution is 2.25. The van der Waals surface area contributed by atoms with E-state index in [1.54, 1.807) is 24.2 Å². The van der Waals surface area contributed by atoms with Gasteiger partial charge in [-0.1, -0.05) is 19.1 Å². The van der Waals surface area contributed by atoms with Crippen molar-refractivity contribution in [3.05, 3.63) is 42.7 Å². The Hall–Kier alpha value is -2.34. The number of aromatic nitrogens is 2. The topological polar surface area (TPSA) is 68.0 Å². The fourth-order valence-corrected chi connectivity index (χ4v) is 2.47. The Morgan fingerprint density at radius 3 is 3.00 bits per heavy atom. The largest absolute Gasteiger partial charge is 0.436 e. The number of carbonyl (C=O) groups excluding carboxylic acids is 1. The van der Waals surface area contributed by atoms with E-state index in [2.05, 4.69) is 15.3 Å². The molecular weight excluding hydrogens is 298 g/mol. The maximum absolute atomic E-state index is 11.8. The summed E-state index contributed by atoms with van der Waals surface area (Å²) < 4.78 is 5.71. The summed E-state index contributed by atoms with van der Waals surface area (Å²) in [5.74, 6) is 1.80. The third kappa shape index (κ3) is 3.28. The molecule has 2 aromatic heterocycles. The maximum Gasteiger partial charge on any atom is 0.234 e. The molecule has 0 unspecified atom stereocenters. The monoisotopic (exact) mass is 313 g/mol. The van der Waals surface area contributed by atoms with Crippen LogP contribution in [0, 0.1) is 0 Å². The molecule has 112 valence electrons. The van der Waals surface area contributed by atoms with Crippen LogP contribution >= 0.6 is 11.8 Å². The highest BCUT2D eigenvalue weighted by Gasteiger charge is 2.10. The van der Waals surface area contributed by atoms with Crippen LogP contribution in [-0.4, -0.2) is 27.4 Å². The molecule has 1 N–H and O–H groups in total. The third-order valence-corrected chi connectivity index (χ3v) is 3.87. The summed E-state index contributed by atoms with van der Waals surface area (Å²) in [5.41, 5.74) is 2.90. The zero-order valence-corrected chi connectivity index (χ0v) is 12.9. The predicted octanol–water partition coefficient (Wildman–Crippen LogP) is 3.58. The van der Waals surface area contributed by atoms with E-state index in [0.29, 0.717) is 17.3 Å². The first-order valence-corrected chi connectivity index (χ1v) is 8.10. The number of oxazole rings is 1. The first kappa shape index (κ1) is 14.6. The second kappa shape index (κ2) is 6.62. The smallest absolute Gasteiger partial charge is 0.234 e. The van der Waals surface area contributed by atoms with Gasteiger partial charge in [0.1, 0.15) is 5.52 Å². The highest BCUT2D eigenvalue weighted by atomic mass is 32.2. The molecule has 1 aromatic carbocycles. The van der Waals surface area contributed by atoms with Gasteiger partial charge in [-0.15, -0.1) is 0 Å².